The number of oxime groups is 1. The maximum atomic E-state index is 12.8. The van der Waals surface area contributed by atoms with Crippen LogP contribution in [-0.2, 0) is 11.0 Å². The summed E-state index contributed by atoms with van der Waals surface area (Å²) >= 11 is 0. The molecular formula is C16H12F3N3O3. The summed E-state index contributed by atoms with van der Waals surface area (Å²) in [6.07, 6.45) is -1.86. The van der Waals surface area contributed by atoms with Crippen molar-refractivity contribution in [2.24, 2.45) is 5.16 Å². The minimum absolute atomic E-state index is 0.229. The van der Waals surface area contributed by atoms with Gasteiger partial charge in [0.1, 0.15) is 0 Å². The Hall–Kier alpha value is -3.23. The Bertz CT molecular complexity index is 777. The zero-order valence-corrected chi connectivity index (χ0v) is 12.7. The largest absolute Gasteiger partial charge is 0.417 e. The van der Waals surface area contributed by atoms with Crippen LogP contribution < -0.4 is 5.32 Å². The Morgan fingerprint density at radius 2 is 1.92 bits per heavy atom. The van der Waals surface area contributed by atoms with Gasteiger partial charge in [-0.25, -0.2) is 4.79 Å². The van der Waals surface area contributed by atoms with E-state index in [0.717, 1.165) is 18.6 Å². The molecule has 0 fully saturated rings. The summed E-state index contributed by atoms with van der Waals surface area (Å²) in [7, 11) is 0. The Labute approximate surface area is 140 Å². The van der Waals surface area contributed by atoms with Crippen LogP contribution in [0.3, 0.4) is 0 Å². The third-order valence-electron chi connectivity index (χ3n) is 2.94. The summed E-state index contributed by atoms with van der Waals surface area (Å²) in [5, 5.41) is 5.56. The predicted octanol–water partition coefficient (Wildman–Crippen LogP) is 2.67. The fourth-order valence-electron chi connectivity index (χ4n) is 1.81. The standard InChI is InChI=1S/C16H12F3N3O3/c17-16(18,19)13-6-7-20-10-12(13)14(23)21-8-9-22-25-15(24)11-4-2-1-3-5-11/h1-7,9-10H,8H2,(H,21,23). The van der Waals surface area contributed by atoms with Crippen LogP contribution >= 0.6 is 0 Å². The second-order valence-electron chi connectivity index (χ2n) is 4.66. The Kier molecular flexibility index (Phi) is 5.83. The number of rotatable bonds is 5. The molecule has 0 saturated carbocycles. The number of hydrogen-bond acceptors (Lipinski definition) is 5. The molecule has 0 atom stereocenters. The van der Waals surface area contributed by atoms with Gasteiger partial charge < -0.3 is 10.2 Å². The highest BCUT2D eigenvalue weighted by Crippen LogP contribution is 2.31. The summed E-state index contributed by atoms with van der Waals surface area (Å²) < 4.78 is 38.4. The van der Waals surface area contributed by atoms with Crippen molar-refractivity contribution in [1.82, 2.24) is 10.3 Å². The molecular weight excluding hydrogens is 339 g/mol. The second-order valence-corrected chi connectivity index (χ2v) is 4.66. The monoisotopic (exact) mass is 351 g/mol. The van der Waals surface area contributed by atoms with E-state index in [9.17, 15) is 22.8 Å². The molecule has 1 aromatic heterocycles. The van der Waals surface area contributed by atoms with Gasteiger partial charge in [0, 0.05) is 12.4 Å². The summed E-state index contributed by atoms with van der Waals surface area (Å²) in [6, 6.07) is 8.79. The normalized spacial score (nSPS) is 11.3. The Morgan fingerprint density at radius 1 is 1.20 bits per heavy atom. The van der Waals surface area contributed by atoms with Crippen LogP contribution in [0.2, 0.25) is 0 Å². The van der Waals surface area contributed by atoms with Crippen molar-refractivity contribution in [3.63, 3.8) is 0 Å². The van der Waals surface area contributed by atoms with E-state index in [1.165, 1.54) is 12.1 Å². The lowest BCUT2D eigenvalue weighted by Gasteiger charge is -2.11. The smallest absolute Gasteiger partial charge is 0.347 e. The minimum Gasteiger partial charge on any atom is -0.347 e. The van der Waals surface area contributed by atoms with E-state index in [4.69, 9.17) is 0 Å². The molecule has 130 valence electrons. The Morgan fingerprint density at radius 3 is 2.60 bits per heavy atom. The van der Waals surface area contributed by atoms with Crippen LogP contribution in [0.25, 0.3) is 0 Å². The molecule has 25 heavy (non-hydrogen) atoms. The Balaban J connectivity index is 1.88. The highest BCUT2D eigenvalue weighted by atomic mass is 19.4. The molecule has 1 N–H and O–H groups in total. The van der Waals surface area contributed by atoms with Crippen molar-refractivity contribution in [3.8, 4) is 0 Å². The lowest BCUT2D eigenvalue weighted by Crippen LogP contribution is -2.28. The third kappa shape index (κ3) is 5.13. The molecule has 2 aromatic rings. The molecule has 1 aromatic carbocycles. The van der Waals surface area contributed by atoms with Gasteiger partial charge in [0.25, 0.3) is 5.91 Å². The van der Waals surface area contributed by atoms with Crippen molar-refractivity contribution in [3.05, 3.63) is 65.5 Å². The molecule has 0 saturated heterocycles. The molecule has 2 rings (SSSR count). The van der Waals surface area contributed by atoms with Crippen LogP contribution in [0.4, 0.5) is 13.2 Å². The average molecular weight is 351 g/mol. The van der Waals surface area contributed by atoms with Crippen molar-refractivity contribution < 1.29 is 27.6 Å². The van der Waals surface area contributed by atoms with Gasteiger partial charge in [-0.05, 0) is 18.2 Å². The van der Waals surface area contributed by atoms with E-state index in [0.29, 0.717) is 6.07 Å². The topological polar surface area (TPSA) is 80.6 Å². The first-order valence-corrected chi connectivity index (χ1v) is 6.97. The molecule has 0 spiro atoms. The number of pyridine rings is 1. The maximum absolute atomic E-state index is 12.8. The van der Waals surface area contributed by atoms with Gasteiger partial charge in [0.15, 0.2) is 0 Å². The van der Waals surface area contributed by atoms with Crippen LogP contribution in [0.5, 0.6) is 0 Å². The number of carbonyl (C=O) groups excluding carboxylic acids is 2. The quantitative estimate of drug-likeness (QED) is 0.510. The van der Waals surface area contributed by atoms with Crippen molar-refractivity contribution in [2.45, 2.75) is 6.18 Å². The van der Waals surface area contributed by atoms with Crippen LogP contribution in [0.1, 0.15) is 26.3 Å². The molecule has 0 radical (unpaired) electrons. The highest BCUT2D eigenvalue weighted by molar-refractivity contribution is 5.96. The molecule has 9 heteroatoms. The first-order chi connectivity index (χ1) is 11.9. The number of carbonyl (C=O) groups is 2. The van der Waals surface area contributed by atoms with Gasteiger partial charge in [-0.2, -0.15) is 13.2 Å². The molecule has 0 unspecified atom stereocenters. The zero-order chi connectivity index (χ0) is 18.3. The van der Waals surface area contributed by atoms with E-state index in [2.05, 4.69) is 20.3 Å². The number of alkyl halides is 3. The predicted molar refractivity (Wildman–Crippen MR) is 81.9 cm³/mol. The van der Waals surface area contributed by atoms with Crippen molar-refractivity contribution >= 4 is 18.1 Å². The van der Waals surface area contributed by atoms with Crippen molar-refractivity contribution in [2.75, 3.05) is 6.54 Å². The molecule has 6 nitrogen and oxygen atoms in total. The van der Waals surface area contributed by atoms with Gasteiger partial charge in [-0.3, -0.25) is 9.78 Å². The number of halogens is 3. The van der Waals surface area contributed by atoms with Crippen LogP contribution in [0, 0.1) is 0 Å². The summed E-state index contributed by atoms with van der Waals surface area (Å²) in [6.45, 7) is -0.229. The van der Waals surface area contributed by atoms with Crippen molar-refractivity contribution in [1.29, 1.82) is 0 Å². The van der Waals surface area contributed by atoms with E-state index in [1.807, 2.05) is 0 Å². The first kappa shape index (κ1) is 18.1. The molecule has 1 amide bonds. The fraction of sp³-hybridized carbons (Fsp3) is 0.125. The lowest BCUT2D eigenvalue weighted by molar-refractivity contribution is -0.138. The SMILES string of the molecule is O=C(ON=CCNC(=O)c1cnccc1C(F)(F)F)c1ccccc1. The number of hydrogen-bond donors (Lipinski definition) is 1. The lowest BCUT2D eigenvalue weighted by atomic mass is 10.1. The number of amides is 1. The van der Waals surface area contributed by atoms with E-state index in [-0.39, 0.29) is 12.1 Å². The van der Waals surface area contributed by atoms with Crippen LogP contribution in [0.15, 0.2) is 53.9 Å². The molecule has 0 aliphatic rings. The molecule has 1 heterocycles. The molecule has 0 aliphatic carbocycles. The van der Waals surface area contributed by atoms with Gasteiger partial charge in [-0.15, -0.1) is 0 Å². The maximum Gasteiger partial charge on any atom is 0.417 e. The number of aromatic nitrogens is 1. The number of benzene rings is 1. The number of nitrogens with one attached hydrogen (secondary N) is 1. The average Bonchev–Trinajstić information content (AvgIpc) is 2.61. The third-order valence-corrected chi connectivity index (χ3v) is 2.94. The fourth-order valence-corrected chi connectivity index (χ4v) is 1.81. The second kappa shape index (κ2) is 8.04. The summed E-state index contributed by atoms with van der Waals surface area (Å²) in [5.41, 5.74) is -1.41. The van der Waals surface area contributed by atoms with Gasteiger partial charge in [-0.1, -0.05) is 23.4 Å². The van der Waals surface area contributed by atoms with E-state index >= 15 is 0 Å². The van der Waals surface area contributed by atoms with Crippen LogP contribution in [-0.4, -0.2) is 29.6 Å². The first-order valence-electron chi connectivity index (χ1n) is 6.97. The highest BCUT2D eigenvalue weighted by Gasteiger charge is 2.35. The number of nitrogens with zero attached hydrogens (tertiary/aromatic N) is 2. The summed E-state index contributed by atoms with van der Waals surface area (Å²) in [5.74, 6) is -1.67. The summed E-state index contributed by atoms with van der Waals surface area (Å²) in [4.78, 5) is 31.5. The zero-order valence-electron chi connectivity index (χ0n) is 12.7. The van der Waals surface area contributed by atoms with E-state index < -0.39 is 29.2 Å². The molecule has 0 aliphatic heterocycles. The van der Waals surface area contributed by atoms with E-state index in [1.54, 1.807) is 18.2 Å². The van der Waals surface area contributed by atoms with Gasteiger partial charge >= 0.3 is 12.1 Å². The van der Waals surface area contributed by atoms with Gasteiger partial charge in [0.2, 0.25) is 0 Å². The minimum atomic E-state index is -4.67. The van der Waals surface area contributed by atoms with Gasteiger partial charge in [0.05, 0.1) is 29.4 Å². The molecule has 0 bridgehead atoms.